The molecule has 2 heterocycles. The summed E-state index contributed by atoms with van der Waals surface area (Å²) in [5.41, 5.74) is 2.65. The van der Waals surface area contributed by atoms with Gasteiger partial charge in [0, 0.05) is 22.9 Å². The summed E-state index contributed by atoms with van der Waals surface area (Å²) < 4.78 is 1.11. The highest BCUT2D eigenvalue weighted by Gasteiger charge is 2.18. The first kappa shape index (κ1) is 9.16. The average Bonchev–Trinajstić information content (AvgIpc) is 2.62. The van der Waals surface area contributed by atoms with Crippen LogP contribution >= 0.6 is 15.9 Å². The number of halogens is 1. The second-order valence-electron chi connectivity index (χ2n) is 3.48. The van der Waals surface area contributed by atoms with E-state index in [1.807, 2.05) is 12.4 Å². The highest BCUT2D eigenvalue weighted by Crippen LogP contribution is 2.28. The Hall–Kier alpha value is -0.410. The van der Waals surface area contributed by atoms with Crippen LogP contribution in [0, 0.1) is 6.92 Å². The summed E-state index contributed by atoms with van der Waals surface area (Å²) in [6.07, 6.45) is 6.34. The Morgan fingerprint density at radius 3 is 3.08 bits per heavy atom. The molecule has 0 radical (unpaired) electrons. The van der Waals surface area contributed by atoms with Crippen molar-refractivity contribution in [1.29, 1.82) is 0 Å². The highest BCUT2D eigenvalue weighted by atomic mass is 79.9. The topological polar surface area (TPSA) is 24.9 Å². The Labute approximate surface area is 86.9 Å². The van der Waals surface area contributed by atoms with Crippen LogP contribution in [-0.2, 0) is 0 Å². The lowest BCUT2D eigenvalue weighted by atomic mass is 10.0. The third kappa shape index (κ3) is 1.76. The number of hydrogen-bond acceptors (Lipinski definition) is 2. The van der Waals surface area contributed by atoms with Crippen molar-refractivity contribution >= 4 is 15.9 Å². The Morgan fingerprint density at radius 2 is 2.38 bits per heavy atom. The molecule has 0 bridgehead atoms. The number of nitrogens with zero attached hydrogens (tertiary/aromatic N) is 1. The SMILES string of the molecule is Cc1c(Br)cncc1C1CCCN1. The molecule has 3 heteroatoms. The monoisotopic (exact) mass is 240 g/mol. The van der Waals surface area contributed by atoms with Gasteiger partial charge in [-0.25, -0.2) is 0 Å². The molecule has 70 valence electrons. The zero-order valence-corrected chi connectivity index (χ0v) is 9.26. The molecule has 0 amide bonds. The van der Waals surface area contributed by atoms with Crippen molar-refractivity contribution in [3.8, 4) is 0 Å². The molecule has 1 aromatic heterocycles. The van der Waals surface area contributed by atoms with Gasteiger partial charge in [0.15, 0.2) is 0 Å². The van der Waals surface area contributed by atoms with Gasteiger partial charge in [0.2, 0.25) is 0 Å². The normalized spacial score (nSPS) is 22.2. The van der Waals surface area contributed by atoms with E-state index in [-0.39, 0.29) is 0 Å². The first-order valence-electron chi connectivity index (χ1n) is 4.62. The zero-order chi connectivity index (χ0) is 9.26. The molecule has 0 aromatic carbocycles. The first-order valence-corrected chi connectivity index (χ1v) is 5.41. The molecule has 2 nitrogen and oxygen atoms in total. The van der Waals surface area contributed by atoms with Crippen LogP contribution in [0.25, 0.3) is 0 Å². The van der Waals surface area contributed by atoms with Crippen molar-refractivity contribution in [3.63, 3.8) is 0 Å². The molecule has 0 saturated carbocycles. The average molecular weight is 241 g/mol. The van der Waals surface area contributed by atoms with Gasteiger partial charge in [0.05, 0.1) is 0 Å². The van der Waals surface area contributed by atoms with E-state index in [1.165, 1.54) is 24.0 Å². The van der Waals surface area contributed by atoms with Crippen LogP contribution in [0.4, 0.5) is 0 Å². The number of rotatable bonds is 1. The maximum absolute atomic E-state index is 4.20. The van der Waals surface area contributed by atoms with E-state index < -0.39 is 0 Å². The van der Waals surface area contributed by atoms with Crippen molar-refractivity contribution in [1.82, 2.24) is 10.3 Å². The fourth-order valence-corrected chi connectivity index (χ4v) is 2.16. The van der Waals surface area contributed by atoms with E-state index in [1.54, 1.807) is 0 Å². The molecule has 2 rings (SSSR count). The molecule has 1 fully saturated rings. The van der Waals surface area contributed by atoms with Crippen LogP contribution in [0.15, 0.2) is 16.9 Å². The van der Waals surface area contributed by atoms with E-state index in [0.717, 1.165) is 11.0 Å². The van der Waals surface area contributed by atoms with Gasteiger partial charge in [-0.3, -0.25) is 4.98 Å². The third-order valence-electron chi connectivity index (χ3n) is 2.63. The lowest BCUT2D eigenvalue weighted by Crippen LogP contribution is -2.14. The van der Waals surface area contributed by atoms with Gasteiger partial charge in [-0.15, -0.1) is 0 Å². The van der Waals surface area contributed by atoms with Crippen molar-refractivity contribution in [2.45, 2.75) is 25.8 Å². The van der Waals surface area contributed by atoms with Gasteiger partial charge >= 0.3 is 0 Å². The molecule has 1 aromatic rings. The van der Waals surface area contributed by atoms with Crippen LogP contribution in [0.2, 0.25) is 0 Å². The molecule has 1 N–H and O–H groups in total. The summed E-state index contributed by atoms with van der Waals surface area (Å²) in [4.78, 5) is 4.20. The molecule has 1 unspecified atom stereocenters. The molecule has 0 aliphatic carbocycles. The minimum Gasteiger partial charge on any atom is -0.310 e. The quantitative estimate of drug-likeness (QED) is 0.817. The van der Waals surface area contributed by atoms with Crippen molar-refractivity contribution in [2.75, 3.05) is 6.54 Å². The lowest BCUT2D eigenvalue weighted by Gasteiger charge is -2.13. The fourth-order valence-electron chi connectivity index (χ4n) is 1.82. The number of pyridine rings is 1. The summed E-state index contributed by atoms with van der Waals surface area (Å²) in [7, 11) is 0. The first-order chi connectivity index (χ1) is 6.29. The highest BCUT2D eigenvalue weighted by molar-refractivity contribution is 9.10. The largest absolute Gasteiger partial charge is 0.310 e. The van der Waals surface area contributed by atoms with Crippen LogP contribution in [-0.4, -0.2) is 11.5 Å². The molecular formula is C10H13BrN2. The van der Waals surface area contributed by atoms with Crippen molar-refractivity contribution in [2.24, 2.45) is 0 Å². The summed E-state index contributed by atoms with van der Waals surface area (Å²) in [5, 5.41) is 3.48. The summed E-state index contributed by atoms with van der Waals surface area (Å²) >= 11 is 3.50. The Balaban J connectivity index is 2.33. The van der Waals surface area contributed by atoms with E-state index in [2.05, 4.69) is 33.2 Å². The van der Waals surface area contributed by atoms with E-state index in [4.69, 9.17) is 0 Å². The Morgan fingerprint density at radius 1 is 1.54 bits per heavy atom. The van der Waals surface area contributed by atoms with Crippen LogP contribution in [0.5, 0.6) is 0 Å². The van der Waals surface area contributed by atoms with E-state index in [9.17, 15) is 0 Å². The summed E-state index contributed by atoms with van der Waals surface area (Å²) in [6.45, 7) is 3.28. The maximum Gasteiger partial charge on any atom is 0.0413 e. The number of hydrogen-bond donors (Lipinski definition) is 1. The Kier molecular flexibility index (Phi) is 2.65. The lowest BCUT2D eigenvalue weighted by molar-refractivity contribution is 0.640. The minimum atomic E-state index is 0.519. The summed E-state index contributed by atoms with van der Waals surface area (Å²) in [5.74, 6) is 0. The zero-order valence-electron chi connectivity index (χ0n) is 7.68. The van der Waals surface area contributed by atoms with Gasteiger partial charge in [-0.2, -0.15) is 0 Å². The molecular weight excluding hydrogens is 228 g/mol. The predicted octanol–water partition coefficient (Wildman–Crippen LogP) is 2.58. The minimum absolute atomic E-state index is 0.519. The molecule has 1 saturated heterocycles. The predicted molar refractivity (Wildman–Crippen MR) is 56.7 cm³/mol. The van der Waals surface area contributed by atoms with Crippen LogP contribution in [0.3, 0.4) is 0 Å². The van der Waals surface area contributed by atoms with Gasteiger partial charge in [-0.05, 0) is 53.4 Å². The van der Waals surface area contributed by atoms with Crippen molar-refractivity contribution < 1.29 is 0 Å². The Bertz CT molecular complexity index is 306. The smallest absolute Gasteiger partial charge is 0.0413 e. The van der Waals surface area contributed by atoms with E-state index >= 15 is 0 Å². The van der Waals surface area contributed by atoms with Gasteiger partial charge in [0.1, 0.15) is 0 Å². The number of nitrogens with one attached hydrogen (secondary N) is 1. The van der Waals surface area contributed by atoms with Crippen LogP contribution in [0.1, 0.15) is 30.0 Å². The van der Waals surface area contributed by atoms with Crippen molar-refractivity contribution in [3.05, 3.63) is 28.0 Å². The van der Waals surface area contributed by atoms with E-state index in [0.29, 0.717) is 6.04 Å². The second kappa shape index (κ2) is 3.76. The molecule has 1 aliphatic rings. The fraction of sp³-hybridized carbons (Fsp3) is 0.500. The molecule has 1 atom stereocenters. The van der Waals surface area contributed by atoms with Gasteiger partial charge < -0.3 is 5.32 Å². The third-order valence-corrected chi connectivity index (χ3v) is 3.43. The number of aromatic nitrogens is 1. The van der Waals surface area contributed by atoms with Gasteiger partial charge in [0.25, 0.3) is 0 Å². The molecule has 0 spiro atoms. The summed E-state index contributed by atoms with van der Waals surface area (Å²) in [6, 6.07) is 0.519. The standard InChI is InChI=1S/C10H13BrN2/c1-7-8(5-12-6-9(7)11)10-3-2-4-13-10/h5-6,10,13H,2-4H2,1H3. The molecule has 1 aliphatic heterocycles. The maximum atomic E-state index is 4.20. The molecule has 13 heavy (non-hydrogen) atoms. The second-order valence-corrected chi connectivity index (χ2v) is 4.34. The van der Waals surface area contributed by atoms with Crippen LogP contribution < -0.4 is 5.32 Å². The van der Waals surface area contributed by atoms with Gasteiger partial charge in [-0.1, -0.05) is 0 Å².